The number of nitrogens with zero attached hydrogens (tertiary/aromatic N) is 7. The Hall–Kier alpha value is -4.22. The van der Waals surface area contributed by atoms with Crippen molar-refractivity contribution in [3.05, 3.63) is 60.9 Å². The highest BCUT2D eigenvalue weighted by Gasteiger charge is 2.36. The molecule has 224 valence electrons. The fraction of sp³-hybridized carbons (Fsp3) is 0.438. The summed E-state index contributed by atoms with van der Waals surface area (Å²) >= 11 is 0. The van der Waals surface area contributed by atoms with Crippen LogP contribution >= 0.6 is 0 Å². The van der Waals surface area contributed by atoms with E-state index in [1.165, 1.54) is 6.33 Å². The number of likely N-dealkylation sites (tertiary alicyclic amines) is 3. The third-order valence-electron chi connectivity index (χ3n) is 9.28. The van der Waals surface area contributed by atoms with Gasteiger partial charge in [-0.2, -0.15) is 5.10 Å². The van der Waals surface area contributed by atoms with Crippen LogP contribution in [0.4, 0.5) is 10.6 Å². The molecule has 7 rings (SSSR count). The minimum Gasteiger partial charge on any atom is -0.465 e. The van der Waals surface area contributed by atoms with Gasteiger partial charge in [0.05, 0.1) is 11.4 Å². The third kappa shape index (κ3) is 5.74. The third-order valence-corrected chi connectivity index (χ3v) is 9.28. The second kappa shape index (κ2) is 11.8. The molecule has 43 heavy (non-hydrogen) atoms. The Morgan fingerprint density at radius 3 is 2.26 bits per heavy atom. The normalized spacial score (nSPS) is 19.5. The zero-order valence-electron chi connectivity index (χ0n) is 24.3. The number of para-hydroxylation sites is 1. The van der Waals surface area contributed by atoms with E-state index < -0.39 is 6.09 Å². The van der Waals surface area contributed by atoms with Gasteiger partial charge in [-0.3, -0.25) is 4.90 Å². The summed E-state index contributed by atoms with van der Waals surface area (Å²) in [7, 11) is 0. The van der Waals surface area contributed by atoms with Crippen molar-refractivity contribution in [1.29, 1.82) is 0 Å². The molecule has 0 bridgehead atoms. The van der Waals surface area contributed by atoms with E-state index in [1.54, 1.807) is 4.90 Å². The van der Waals surface area contributed by atoms with Gasteiger partial charge in [0.25, 0.3) is 0 Å². The molecule has 0 spiro atoms. The molecule has 0 atom stereocenters. The Balaban J connectivity index is 0.975. The van der Waals surface area contributed by atoms with Crippen LogP contribution < -0.4 is 10.5 Å². The van der Waals surface area contributed by atoms with Crippen molar-refractivity contribution in [3.63, 3.8) is 0 Å². The maximum Gasteiger partial charge on any atom is 0.407 e. The van der Waals surface area contributed by atoms with Gasteiger partial charge in [0.2, 0.25) is 0 Å². The van der Waals surface area contributed by atoms with E-state index >= 15 is 0 Å². The second-order valence-corrected chi connectivity index (χ2v) is 12.0. The molecule has 0 aliphatic carbocycles. The molecule has 11 heteroatoms. The first-order chi connectivity index (χ1) is 21.0. The average Bonchev–Trinajstić information content (AvgIpc) is 3.41. The fourth-order valence-electron chi connectivity index (χ4n) is 6.91. The zero-order chi connectivity index (χ0) is 29.3. The molecular weight excluding hydrogens is 544 g/mol. The lowest BCUT2D eigenvalue weighted by molar-refractivity contribution is 0.00216. The summed E-state index contributed by atoms with van der Waals surface area (Å²) in [5.74, 6) is 2.68. The average molecular weight is 583 g/mol. The predicted octanol–water partition coefficient (Wildman–Crippen LogP) is 4.58. The number of nitrogens with two attached hydrogens (primary N) is 1. The maximum atomic E-state index is 11.2. The first-order valence-corrected chi connectivity index (χ1v) is 15.3. The van der Waals surface area contributed by atoms with Gasteiger partial charge in [0.15, 0.2) is 5.65 Å². The van der Waals surface area contributed by atoms with Gasteiger partial charge in [-0.05, 0) is 68.0 Å². The Kier molecular flexibility index (Phi) is 7.58. The van der Waals surface area contributed by atoms with Gasteiger partial charge in [0.1, 0.15) is 29.3 Å². The van der Waals surface area contributed by atoms with Crippen molar-refractivity contribution in [1.82, 2.24) is 34.4 Å². The Bertz CT molecular complexity index is 1560. The molecule has 3 aliphatic heterocycles. The van der Waals surface area contributed by atoms with Gasteiger partial charge in [-0.25, -0.2) is 19.4 Å². The van der Waals surface area contributed by atoms with Crippen molar-refractivity contribution >= 4 is 22.9 Å². The summed E-state index contributed by atoms with van der Waals surface area (Å²) in [6, 6.07) is 18.4. The van der Waals surface area contributed by atoms with E-state index in [1.807, 2.05) is 54.6 Å². The largest absolute Gasteiger partial charge is 0.465 e. The lowest BCUT2D eigenvalue weighted by Gasteiger charge is -2.48. The molecule has 5 heterocycles. The summed E-state index contributed by atoms with van der Waals surface area (Å²) in [6.07, 6.45) is 4.65. The van der Waals surface area contributed by atoms with Gasteiger partial charge in [-0.1, -0.05) is 18.2 Å². The lowest BCUT2D eigenvalue weighted by atomic mass is 9.92. The van der Waals surface area contributed by atoms with Crippen LogP contribution in [-0.4, -0.2) is 97.5 Å². The first kappa shape index (κ1) is 27.6. The fourth-order valence-corrected chi connectivity index (χ4v) is 6.91. The van der Waals surface area contributed by atoms with E-state index in [4.69, 9.17) is 15.6 Å². The van der Waals surface area contributed by atoms with Crippen LogP contribution in [0.2, 0.25) is 0 Å². The maximum absolute atomic E-state index is 11.2. The lowest BCUT2D eigenvalue weighted by Crippen LogP contribution is -2.58. The highest BCUT2D eigenvalue weighted by Crippen LogP contribution is 2.35. The Labute approximate surface area is 250 Å². The molecule has 11 nitrogen and oxygen atoms in total. The van der Waals surface area contributed by atoms with Crippen molar-refractivity contribution in [2.75, 3.05) is 51.5 Å². The SMILES string of the molecule is Nc1ncnc2c1c(-c1ccc(Oc3ccccc3)cc1)nn2C1CCN(CC2CN(C3CCN(C(=O)O)CC3)C2)CC1. The molecular formula is C32H38N8O3. The Morgan fingerprint density at radius 1 is 0.884 bits per heavy atom. The van der Waals surface area contributed by atoms with E-state index in [-0.39, 0.29) is 6.04 Å². The molecule has 3 N–H and O–H groups in total. The van der Waals surface area contributed by atoms with Crippen molar-refractivity contribution in [2.45, 2.75) is 37.8 Å². The molecule has 3 saturated heterocycles. The number of hydrogen-bond donors (Lipinski definition) is 2. The minimum atomic E-state index is -0.790. The smallest absolute Gasteiger partial charge is 0.407 e. The highest BCUT2D eigenvalue weighted by molar-refractivity contribution is 5.98. The number of fused-ring (bicyclic) bond motifs is 1. The molecule has 2 aromatic carbocycles. The molecule has 0 radical (unpaired) electrons. The number of amides is 1. The quantitative estimate of drug-likeness (QED) is 0.322. The van der Waals surface area contributed by atoms with Crippen molar-refractivity contribution < 1.29 is 14.6 Å². The van der Waals surface area contributed by atoms with Crippen LogP contribution in [0.1, 0.15) is 31.7 Å². The number of carboxylic acid groups (broad SMARTS) is 1. The van der Waals surface area contributed by atoms with E-state index in [2.05, 4.69) is 24.4 Å². The molecule has 3 aliphatic rings. The summed E-state index contributed by atoms with van der Waals surface area (Å²) < 4.78 is 8.05. The zero-order valence-corrected chi connectivity index (χ0v) is 24.3. The second-order valence-electron chi connectivity index (χ2n) is 12.0. The summed E-state index contributed by atoms with van der Waals surface area (Å²) in [6.45, 7) is 6.73. The number of anilines is 1. The minimum absolute atomic E-state index is 0.250. The van der Waals surface area contributed by atoms with Crippen LogP contribution in [0.25, 0.3) is 22.3 Å². The topological polar surface area (TPSA) is 126 Å². The van der Waals surface area contributed by atoms with Crippen molar-refractivity contribution in [3.8, 4) is 22.8 Å². The van der Waals surface area contributed by atoms with Crippen LogP contribution in [0.5, 0.6) is 11.5 Å². The predicted molar refractivity (Wildman–Crippen MR) is 164 cm³/mol. The summed E-state index contributed by atoms with van der Waals surface area (Å²) in [4.78, 5) is 26.8. The van der Waals surface area contributed by atoms with E-state index in [0.29, 0.717) is 30.9 Å². The number of piperidine rings is 2. The molecule has 0 saturated carbocycles. The van der Waals surface area contributed by atoms with Gasteiger partial charge in [-0.15, -0.1) is 0 Å². The van der Waals surface area contributed by atoms with Gasteiger partial charge >= 0.3 is 6.09 Å². The number of hydrogen-bond acceptors (Lipinski definition) is 8. The Morgan fingerprint density at radius 2 is 1.56 bits per heavy atom. The van der Waals surface area contributed by atoms with Gasteiger partial charge < -0.3 is 25.4 Å². The summed E-state index contributed by atoms with van der Waals surface area (Å²) in [5, 5.41) is 15.1. The number of nitrogen functional groups attached to an aromatic ring is 1. The first-order valence-electron chi connectivity index (χ1n) is 15.3. The monoisotopic (exact) mass is 582 g/mol. The van der Waals surface area contributed by atoms with Crippen LogP contribution in [-0.2, 0) is 0 Å². The molecule has 3 fully saturated rings. The van der Waals surface area contributed by atoms with E-state index in [0.717, 1.165) is 92.2 Å². The number of benzene rings is 2. The molecule has 0 unspecified atom stereocenters. The molecule has 2 aromatic heterocycles. The number of rotatable bonds is 7. The van der Waals surface area contributed by atoms with Gasteiger partial charge in [0, 0.05) is 57.4 Å². The standard InChI is InChI=1S/C32H38N8O3/c33-30-28-29(23-6-8-27(9-7-23)43-26-4-2-1-3-5-26)36-40(31(28)35-21-34-30)25-10-14-37(15-11-25)18-22-19-39(20-22)24-12-16-38(17-13-24)32(41)42/h1-9,21-22,24-25H,10-20H2,(H,41,42)(H2,33,34,35). The van der Waals surface area contributed by atoms with E-state index in [9.17, 15) is 9.90 Å². The number of ether oxygens (including phenoxy) is 1. The van der Waals surface area contributed by atoms with Crippen LogP contribution in [0.15, 0.2) is 60.9 Å². The molecule has 1 amide bonds. The summed E-state index contributed by atoms with van der Waals surface area (Å²) in [5.41, 5.74) is 8.92. The number of carbonyl (C=O) groups is 1. The van der Waals surface area contributed by atoms with Crippen molar-refractivity contribution in [2.24, 2.45) is 5.92 Å². The van der Waals surface area contributed by atoms with Crippen LogP contribution in [0, 0.1) is 5.92 Å². The molecule has 4 aromatic rings. The van der Waals surface area contributed by atoms with Crippen LogP contribution in [0.3, 0.4) is 0 Å². The number of aromatic nitrogens is 4. The highest BCUT2D eigenvalue weighted by atomic mass is 16.5.